The summed E-state index contributed by atoms with van der Waals surface area (Å²) in [4.78, 5) is 6.24. The second-order valence-corrected chi connectivity index (χ2v) is 4.37. The van der Waals surface area contributed by atoms with Crippen molar-refractivity contribution in [1.29, 1.82) is 0 Å². The van der Waals surface area contributed by atoms with Crippen LogP contribution in [0.1, 0.15) is 0 Å². The average molecular weight is 278 g/mol. The van der Waals surface area contributed by atoms with Gasteiger partial charge in [-0.05, 0) is 30.3 Å². The van der Waals surface area contributed by atoms with Crippen LogP contribution < -0.4 is 10.6 Å². The Kier molecular flexibility index (Phi) is 3.10. The smallest absolute Gasteiger partial charge is 0.132 e. The Morgan fingerprint density at radius 1 is 1.25 bits per heavy atom. The molecule has 0 aliphatic heterocycles. The molecule has 0 bridgehead atoms. The van der Waals surface area contributed by atoms with Crippen molar-refractivity contribution in [1.82, 2.24) is 4.98 Å². The molecular weight excluding hydrogens is 266 g/mol. The average Bonchev–Trinajstić information content (AvgIpc) is 2.29. The van der Waals surface area contributed by atoms with Crippen LogP contribution >= 0.6 is 15.9 Å². The number of benzene rings is 1. The van der Waals surface area contributed by atoms with Crippen LogP contribution in [0, 0.1) is 0 Å². The van der Waals surface area contributed by atoms with E-state index in [1.807, 2.05) is 48.3 Å². The predicted molar refractivity (Wildman–Crippen MR) is 70.9 cm³/mol. The number of hydrogen-bond donors (Lipinski definition) is 1. The monoisotopic (exact) mass is 277 g/mol. The van der Waals surface area contributed by atoms with E-state index in [0.29, 0.717) is 0 Å². The first-order valence-electron chi connectivity index (χ1n) is 4.88. The van der Waals surface area contributed by atoms with Gasteiger partial charge >= 0.3 is 0 Å². The summed E-state index contributed by atoms with van der Waals surface area (Å²) in [5.74, 6) is 0.872. The van der Waals surface area contributed by atoms with Crippen molar-refractivity contribution >= 4 is 33.1 Å². The van der Waals surface area contributed by atoms with Crippen LogP contribution in [0.25, 0.3) is 0 Å². The van der Waals surface area contributed by atoms with Crippen LogP contribution in [0.4, 0.5) is 17.2 Å². The van der Waals surface area contributed by atoms with Crippen LogP contribution in [-0.2, 0) is 0 Å². The molecule has 4 heteroatoms. The van der Waals surface area contributed by atoms with Gasteiger partial charge < -0.3 is 10.6 Å². The first-order chi connectivity index (χ1) is 7.68. The maximum absolute atomic E-state index is 5.96. The highest BCUT2D eigenvalue weighted by Gasteiger charge is 2.07. The summed E-state index contributed by atoms with van der Waals surface area (Å²) in [5, 5.41) is 0. The molecule has 1 aromatic heterocycles. The molecule has 0 spiro atoms. The predicted octanol–water partition coefficient (Wildman–Crippen LogP) is 3.19. The van der Waals surface area contributed by atoms with Gasteiger partial charge in [-0.1, -0.05) is 22.0 Å². The minimum atomic E-state index is 0.725. The molecule has 0 aliphatic carbocycles. The number of anilines is 3. The van der Waals surface area contributed by atoms with Gasteiger partial charge in [0.05, 0.1) is 11.4 Å². The van der Waals surface area contributed by atoms with Crippen molar-refractivity contribution in [3.63, 3.8) is 0 Å². The molecule has 2 N–H and O–H groups in total. The topological polar surface area (TPSA) is 42.2 Å². The molecule has 1 aromatic carbocycles. The number of hydrogen-bond acceptors (Lipinski definition) is 3. The van der Waals surface area contributed by atoms with Crippen molar-refractivity contribution in [2.75, 3.05) is 17.7 Å². The summed E-state index contributed by atoms with van der Waals surface area (Å²) in [7, 11) is 1.95. The largest absolute Gasteiger partial charge is 0.397 e. The van der Waals surface area contributed by atoms with Gasteiger partial charge in [0.1, 0.15) is 5.82 Å². The Labute approximate surface area is 103 Å². The minimum Gasteiger partial charge on any atom is -0.397 e. The maximum Gasteiger partial charge on any atom is 0.132 e. The summed E-state index contributed by atoms with van der Waals surface area (Å²) in [6.45, 7) is 0. The molecule has 2 aromatic rings. The Morgan fingerprint density at radius 3 is 2.69 bits per heavy atom. The van der Waals surface area contributed by atoms with Crippen molar-refractivity contribution in [2.45, 2.75) is 0 Å². The summed E-state index contributed by atoms with van der Waals surface area (Å²) in [6.07, 6.45) is 1.76. The summed E-state index contributed by atoms with van der Waals surface area (Å²) in [5.41, 5.74) is 7.63. The van der Waals surface area contributed by atoms with Gasteiger partial charge in [-0.15, -0.1) is 0 Å². The highest BCUT2D eigenvalue weighted by atomic mass is 79.9. The molecule has 0 amide bonds. The number of nitrogens with two attached hydrogens (primary N) is 1. The Balaban J connectivity index is 2.38. The number of nitrogens with zero attached hydrogens (tertiary/aromatic N) is 2. The van der Waals surface area contributed by atoms with E-state index in [0.717, 1.165) is 21.7 Å². The Morgan fingerprint density at radius 2 is 2.06 bits per heavy atom. The van der Waals surface area contributed by atoms with E-state index in [-0.39, 0.29) is 0 Å². The zero-order valence-corrected chi connectivity index (χ0v) is 10.5. The normalized spacial score (nSPS) is 10.1. The van der Waals surface area contributed by atoms with Crippen LogP contribution in [0.3, 0.4) is 0 Å². The summed E-state index contributed by atoms with van der Waals surface area (Å²) < 4.78 is 0.975. The molecule has 0 atom stereocenters. The molecule has 3 nitrogen and oxygen atoms in total. The van der Waals surface area contributed by atoms with E-state index in [2.05, 4.69) is 20.9 Å². The Bertz CT molecular complexity index is 485. The van der Waals surface area contributed by atoms with E-state index >= 15 is 0 Å². The van der Waals surface area contributed by atoms with E-state index in [4.69, 9.17) is 5.73 Å². The van der Waals surface area contributed by atoms with Gasteiger partial charge in [-0.25, -0.2) is 4.98 Å². The molecule has 0 saturated heterocycles. The third-order valence-corrected chi connectivity index (χ3v) is 2.84. The third kappa shape index (κ3) is 2.17. The molecule has 2 rings (SSSR count). The van der Waals surface area contributed by atoms with Crippen molar-refractivity contribution < 1.29 is 0 Å². The molecule has 0 radical (unpaired) electrons. The fraction of sp³-hybridized carbons (Fsp3) is 0.0833. The minimum absolute atomic E-state index is 0.725. The second-order valence-electron chi connectivity index (χ2n) is 3.45. The molecule has 0 aliphatic rings. The summed E-state index contributed by atoms with van der Waals surface area (Å²) in [6, 6.07) is 11.6. The molecule has 16 heavy (non-hydrogen) atoms. The van der Waals surface area contributed by atoms with E-state index in [1.54, 1.807) is 6.20 Å². The zero-order valence-electron chi connectivity index (χ0n) is 8.89. The fourth-order valence-electron chi connectivity index (χ4n) is 1.51. The van der Waals surface area contributed by atoms with Crippen molar-refractivity contribution in [3.05, 3.63) is 47.1 Å². The van der Waals surface area contributed by atoms with Crippen molar-refractivity contribution in [2.24, 2.45) is 0 Å². The maximum atomic E-state index is 5.96. The molecular formula is C12H12BrN3. The first kappa shape index (κ1) is 11.0. The van der Waals surface area contributed by atoms with E-state index < -0.39 is 0 Å². The van der Waals surface area contributed by atoms with Crippen LogP contribution in [0.2, 0.25) is 0 Å². The quantitative estimate of drug-likeness (QED) is 0.858. The number of rotatable bonds is 2. The van der Waals surface area contributed by atoms with E-state index in [9.17, 15) is 0 Å². The standard InChI is InChI=1S/C12H12BrN3/c1-16(12-4-2-3-7-15-12)11-6-5-9(13)8-10(11)14/h2-8H,14H2,1H3. The lowest BCUT2D eigenvalue weighted by Gasteiger charge is -2.20. The van der Waals surface area contributed by atoms with Gasteiger partial charge in [0.15, 0.2) is 0 Å². The summed E-state index contributed by atoms with van der Waals surface area (Å²) >= 11 is 3.39. The molecule has 0 fully saturated rings. The van der Waals surface area contributed by atoms with Gasteiger partial charge in [0.25, 0.3) is 0 Å². The van der Waals surface area contributed by atoms with Crippen LogP contribution in [0.15, 0.2) is 47.1 Å². The van der Waals surface area contributed by atoms with Gasteiger partial charge in [-0.2, -0.15) is 0 Å². The van der Waals surface area contributed by atoms with Gasteiger partial charge in [0.2, 0.25) is 0 Å². The SMILES string of the molecule is CN(c1ccccn1)c1ccc(Br)cc1N. The number of halogens is 1. The van der Waals surface area contributed by atoms with E-state index in [1.165, 1.54) is 0 Å². The third-order valence-electron chi connectivity index (χ3n) is 2.34. The van der Waals surface area contributed by atoms with Gasteiger partial charge in [-0.3, -0.25) is 0 Å². The lowest BCUT2D eigenvalue weighted by molar-refractivity contribution is 1.13. The van der Waals surface area contributed by atoms with Crippen molar-refractivity contribution in [3.8, 4) is 0 Å². The molecule has 82 valence electrons. The van der Waals surface area contributed by atoms with Crippen LogP contribution in [0.5, 0.6) is 0 Å². The zero-order chi connectivity index (χ0) is 11.5. The lowest BCUT2D eigenvalue weighted by atomic mass is 10.2. The fourth-order valence-corrected chi connectivity index (χ4v) is 1.89. The molecule has 0 saturated carbocycles. The molecule has 1 heterocycles. The highest BCUT2D eigenvalue weighted by Crippen LogP contribution is 2.29. The second kappa shape index (κ2) is 4.53. The Hall–Kier alpha value is -1.55. The molecule has 0 unspecified atom stereocenters. The number of aromatic nitrogens is 1. The van der Waals surface area contributed by atoms with Gasteiger partial charge in [0, 0.05) is 17.7 Å². The lowest BCUT2D eigenvalue weighted by Crippen LogP contribution is -2.12. The number of pyridine rings is 1. The van der Waals surface area contributed by atoms with Crippen LogP contribution in [-0.4, -0.2) is 12.0 Å². The highest BCUT2D eigenvalue weighted by molar-refractivity contribution is 9.10. The first-order valence-corrected chi connectivity index (χ1v) is 5.67. The number of nitrogen functional groups attached to an aromatic ring is 1.